The molecule has 1 aromatic heterocycles. The van der Waals surface area contributed by atoms with Gasteiger partial charge in [-0.1, -0.05) is 39.0 Å². The fourth-order valence-corrected chi connectivity index (χ4v) is 1.73. The molecule has 0 unspecified atom stereocenters. The first-order chi connectivity index (χ1) is 8.56. The highest BCUT2D eigenvalue weighted by Gasteiger charge is 2.11. The molecule has 0 bridgehead atoms. The number of aromatic nitrogens is 3. The Labute approximate surface area is 108 Å². The molecule has 18 heavy (non-hydrogen) atoms. The van der Waals surface area contributed by atoms with Crippen LogP contribution in [0.15, 0.2) is 36.7 Å². The monoisotopic (exact) mass is 244 g/mol. The minimum absolute atomic E-state index is 0.275. The van der Waals surface area contributed by atoms with Crippen molar-refractivity contribution in [1.29, 1.82) is 0 Å². The smallest absolute Gasteiger partial charge is 0.151 e. The van der Waals surface area contributed by atoms with E-state index in [4.69, 9.17) is 0 Å². The number of para-hydroxylation sites is 1. The minimum Gasteiger partial charge on any atom is -0.309 e. The predicted octanol–water partition coefficient (Wildman–Crippen LogP) is 2.40. The third kappa shape index (κ3) is 3.40. The molecule has 0 radical (unpaired) electrons. The molecule has 0 fully saturated rings. The molecule has 2 aromatic rings. The Morgan fingerprint density at radius 2 is 1.89 bits per heavy atom. The van der Waals surface area contributed by atoms with E-state index >= 15 is 0 Å². The summed E-state index contributed by atoms with van der Waals surface area (Å²) < 4.78 is 2.01. The van der Waals surface area contributed by atoms with Gasteiger partial charge in [0.1, 0.15) is 6.33 Å². The van der Waals surface area contributed by atoms with Gasteiger partial charge >= 0.3 is 0 Å². The maximum atomic E-state index is 4.16. The summed E-state index contributed by atoms with van der Waals surface area (Å²) in [5.74, 6) is 0.936. The largest absolute Gasteiger partial charge is 0.309 e. The van der Waals surface area contributed by atoms with E-state index in [0.29, 0.717) is 0 Å². The zero-order chi connectivity index (χ0) is 13.0. The molecule has 0 saturated heterocycles. The molecule has 0 spiro atoms. The van der Waals surface area contributed by atoms with Crippen LogP contribution >= 0.6 is 0 Å². The van der Waals surface area contributed by atoms with Gasteiger partial charge in [-0.2, -0.15) is 0 Å². The maximum Gasteiger partial charge on any atom is 0.151 e. The molecule has 2 rings (SSSR count). The second kappa shape index (κ2) is 5.31. The first-order valence-corrected chi connectivity index (χ1v) is 6.21. The highest BCUT2D eigenvalue weighted by molar-refractivity contribution is 5.31. The van der Waals surface area contributed by atoms with E-state index < -0.39 is 0 Å². The van der Waals surface area contributed by atoms with Gasteiger partial charge in [-0.15, -0.1) is 10.2 Å². The molecule has 1 N–H and O–H groups in total. The van der Waals surface area contributed by atoms with E-state index in [9.17, 15) is 0 Å². The number of hydrogen-bond donors (Lipinski definition) is 1. The molecule has 4 heteroatoms. The van der Waals surface area contributed by atoms with Crippen molar-refractivity contribution in [2.75, 3.05) is 6.54 Å². The fraction of sp³-hybridized carbons (Fsp3) is 0.429. The van der Waals surface area contributed by atoms with Gasteiger partial charge in [-0.3, -0.25) is 4.57 Å². The second-order valence-electron chi connectivity index (χ2n) is 5.62. The van der Waals surface area contributed by atoms with Crippen LogP contribution in [0.3, 0.4) is 0 Å². The maximum absolute atomic E-state index is 4.16. The Balaban J connectivity index is 2.05. The summed E-state index contributed by atoms with van der Waals surface area (Å²) in [7, 11) is 0. The molecule has 0 aliphatic carbocycles. The van der Waals surface area contributed by atoms with Crippen molar-refractivity contribution in [2.24, 2.45) is 5.41 Å². The molecule has 4 nitrogen and oxygen atoms in total. The van der Waals surface area contributed by atoms with E-state index in [1.54, 1.807) is 6.33 Å². The molecule has 0 aliphatic heterocycles. The van der Waals surface area contributed by atoms with Crippen molar-refractivity contribution in [3.05, 3.63) is 42.5 Å². The summed E-state index contributed by atoms with van der Waals surface area (Å²) in [5.41, 5.74) is 1.37. The van der Waals surface area contributed by atoms with Crippen LogP contribution in [0.2, 0.25) is 0 Å². The number of rotatable bonds is 4. The number of nitrogens with one attached hydrogen (secondary N) is 1. The molecule has 0 aliphatic rings. The first kappa shape index (κ1) is 12.8. The van der Waals surface area contributed by atoms with Crippen LogP contribution in [0.1, 0.15) is 26.6 Å². The molecular formula is C14H20N4. The van der Waals surface area contributed by atoms with Gasteiger partial charge in [0, 0.05) is 12.2 Å². The van der Waals surface area contributed by atoms with Crippen molar-refractivity contribution in [1.82, 2.24) is 20.1 Å². The Bertz CT molecular complexity index is 482. The van der Waals surface area contributed by atoms with Crippen LogP contribution in [0.5, 0.6) is 0 Å². The summed E-state index contributed by atoms with van der Waals surface area (Å²) in [6, 6.07) is 10.1. The average molecular weight is 244 g/mol. The van der Waals surface area contributed by atoms with Crippen LogP contribution in [0, 0.1) is 5.41 Å². The van der Waals surface area contributed by atoms with E-state index in [0.717, 1.165) is 24.6 Å². The van der Waals surface area contributed by atoms with Crippen molar-refractivity contribution >= 4 is 0 Å². The second-order valence-corrected chi connectivity index (χ2v) is 5.62. The molecule has 1 heterocycles. The van der Waals surface area contributed by atoms with Gasteiger partial charge < -0.3 is 5.32 Å². The summed E-state index contributed by atoms with van der Waals surface area (Å²) in [4.78, 5) is 0. The standard InChI is InChI=1S/C14H20N4/c1-14(2,3)10-15-9-13-17-16-11-18(13)12-7-5-4-6-8-12/h4-8,11,15H,9-10H2,1-3H3. The Morgan fingerprint density at radius 3 is 2.56 bits per heavy atom. The van der Waals surface area contributed by atoms with Crippen LogP contribution in [-0.2, 0) is 6.54 Å². The summed E-state index contributed by atoms with van der Waals surface area (Å²) in [6.07, 6.45) is 1.75. The summed E-state index contributed by atoms with van der Waals surface area (Å²) in [5, 5.41) is 11.6. The Kier molecular flexibility index (Phi) is 3.77. The van der Waals surface area contributed by atoms with Crippen LogP contribution in [-0.4, -0.2) is 21.3 Å². The van der Waals surface area contributed by atoms with Gasteiger partial charge in [0.25, 0.3) is 0 Å². The zero-order valence-corrected chi connectivity index (χ0v) is 11.2. The van der Waals surface area contributed by atoms with E-state index in [1.165, 1.54) is 0 Å². The van der Waals surface area contributed by atoms with Gasteiger partial charge in [-0.05, 0) is 17.5 Å². The van der Waals surface area contributed by atoms with Crippen molar-refractivity contribution in [3.8, 4) is 5.69 Å². The number of hydrogen-bond acceptors (Lipinski definition) is 3. The third-order valence-corrected chi connectivity index (χ3v) is 2.59. The Hall–Kier alpha value is -1.68. The summed E-state index contributed by atoms with van der Waals surface area (Å²) >= 11 is 0. The minimum atomic E-state index is 0.275. The van der Waals surface area contributed by atoms with E-state index in [2.05, 4.69) is 48.4 Å². The number of nitrogens with zero attached hydrogens (tertiary/aromatic N) is 3. The molecule has 0 atom stereocenters. The summed E-state index contributed by atoms with van der Waals surface area (Å²) in [6.45, 7) is 8.31. The lowest BCUT2D eigenvalue weighted by molar-refractivity contribution is 0.376. The molecular weight excluding hydrogens is 224 g/mol. The van der Waals surface area contributed by atoms with Crippen LogP contribution < -0.4 is 5.32 Å². The van der Waals surface area contributed by atoms with Gasteiger partial charge in [0.05, 0.1) is 6.54 Å². The quantitative estimate of drug-likeness (QED) is 0.898. The number of benzene rings is 1. The fourth-order valence-electron chi connectivity index (χ4n) is 1.73. The predicted molar refractivity (Wildman–Crippen MR) is 72.5 cm³/mol. The average Bonchev–Trinajstić information content (AvgIpc) is 2.77. The first-order valence-electron chi connectivity index (χ1n) is 6.21. The normalized spacial score (nSPS) is 11.7. The topological polar surface area (TPSA) is 42.7 Å². The third-order valence-electron chi connectivity index (χ3n) is 2.59. The van der Waals surface area contributed by atoms with E-state index in [-0.39, 0.29) is 5.41 Å². The SMILES string of the molecule is CC(C)(C)CNCc1nncn1-c1ccccc1. The van der Waals surface area contributed by atoms with Gasteiger partial charge in [0.2, 0.25) is 0 Å². The van der Waals surface area contributed by atoms with Crippen molar-refractivity contribution < 1.29 is 0 Å². The Morgan fingerprint density at radius 1 is 1.17 bits per heavy atom. The molecule has 0 amide bonds. The molecule has 1 aromatic carbocycles. The van der Waals surface area contributed by atoms with E-state index in [1.807, 2.05) is 22.8 Å². The lowest BCUT2D eigenvalue weighted by atomic mass is 9.97. The van der Waals surface area contributed by atoms with Crippen molar-refractivity contribution in [3.63, 3.8) is 0 Å². The lowest BCUT2D eigenvalue weighted by Crippen LogP contribution is -2.27. The van der Waals surface area contributed by atoms with Crippen molar-refractivity contribution in [2.45, 2.75) is 27.3 Å². The van der Waals surface area contributed by atoms with Gasteiger partial charge in [0.15, 0.2) is 5.82 Å². The molecule has 96 valence electrons. The lowest BCUT2D eigenvalue weighted by Gasteiger charge is -2.18. The molecule has 0 saturated carbocycles. The van der Waals surface area contributed by atoms with Gasteiger partial charge in [-0.25, -0.2) is 0 Å². The van der Waals surface area contributed by atoms with Crippen LogP contribution in [0.25, 0.3) is 5.69 Å². The zero-order valence-electron chi connectivity index (χ0n) is 11.2. The van der Waals surface area contributed by atoms with Crippen LogP contribution in [0.4, 0.5) is 0 Å². The highest BCUT2D eigenvalue weighted by Crippen LogP contribution is 2.12. The highest BCUT2D eigenvalue weighted by atomic mass is 15.3.